The van der Waals surface area contributed by atoms with Gasteiger partial charge in [0.2, 0.25) is 11.8 Å². The molecule has 0 spiro atoms. The van der Waals surface area contributed by atoms with Gasteiger partial charge in [-0.15, -0.1) is 0 Å². The minimum absolute atomic E-state index is 0.108. The fourth-order valence-corrected chi connectivity index (χ4v) is 4.48. The zero-order valence-corrected chi connectivity index (χ0v) is 18.6. The maximum atomic E-state index is 13.3. The van der Waals surface area contributed by atoms with Gasteiger partial charge in [-0.05, 0) is 47.9 Å². The van der Waals surface area contributed by atoms with Crippen molar-refractivity contribution in [2.45, 2.75) is 39.5 Å². The smallest absolute Gasteiger partial charge is 0.230 e. The van der Waals surface area contributed by atoms with E-state index in [4.69, 9.17) is 0 Å². The Labute approximate surface area is 180 Å². The van der Waals surface area contributed by atoms with Crippen molar-refractivity contribution in [3.63, 3.8) is 0 Å². The molecule has 1 aromatic carbocycles. The van der Waals surface area contributed by atoms with Crippen LogP contribution in [0.4, 0.5) is 0 Å². The highest BCUT2D eigenvalue weighted by Crippen LogP contribution is 2.36. The summed E-state index contributed by atoms with van der Waals surface area (Å²) < 4.78 is 0. The summed E-state index contributed by atoms with van der Waals surface area (Å²) in [5.41, 5.74) is 2.69. The van der Waals surface area contributed by atoms with Gasteiger partial charge in [-0.3, -0.25) is 14.6 Å². The SMILES string of the molecule is CC(C)CC(=O)N1CCCC(Cc2cccc(-c3cccnc3)c2)(C(=O)N(C)C)C1. The average molecular weight is 408 g/mol. The van der Waals surface area contributed by atoms with Crippen LogP contribution in [-0.2, 0) is 16.0 Å². The highest BCUT2D eigenvalue weighted by Gasteiger charge is 2.44. The number of aromatic nitrogens is 1. The second-order valence-corrected chi connectivity index (χ2v) is 9.12. The molecule has 1 aliphatic heterocycles. The van der Waals surface area contributed by atoms with Crippen LogP contribution in [0.5, 0.6) is 0 Å². The number of amides is 2. The molecular formula is C25H33N3O2. The van der Waals surface area contributed by atoms with Crippen molar-refractivity contribution < 1.29 is 9.59 Å². The van der Waals surface area contributed by atoms with Crippen molar-refractivity contribution >= 4 is 11.8 Å². The molecule has 0 saturated carbocycles. The van der Waals surface area contributed by atoms with Crippen molar-refractivity contribution in [1.29, 1.82) is 0 Å². The number of likely N-dealkylation sites (tertiary alicyclic amines) is 1. The fourth-order valence-electron chi connectivity index (χ4n) is 4.48. The minimum atomic E-state index is -0.581. The van der Waals surface area contributed by atoms with Crippen LogP contribution in [0.3, 0.4) is 0 Å². The summed E-state index contributed by atoms with van der Waals surface area (Å²) in [5, 5.41) is 0. The van der Waals surface area contributed by atoms with Gasteiger partial charge in [0.25, 0.3) is 0 Å². The van der Waals surface area contributed by atoms with Crippen molar-refractivity contribution in [2.24, 2.45) is 11.3 Å². The molecular weight excluding hydrogens is 374 g/mol. The summed E-state index contributed by atoms with van der Waals surface area (Å²) in [5.74, 6) is 0.579. The highest BCUT2D eigenvalue weighted by molar-refractivity contribution is 5.85. The summed E-state index contributed by atoms with van der Waals surface area (Å²) in [6.45, 7) is 5.35. The number of carbonyl (C=O) groups excluding carboxylic acids is 2. The van der Waals surface area contributed by atoms with E-state index in [9.17, 15) is 9.59 Å². The van der Waals surface area contributed by atoms with Gasteiger partial charge in [0.05, 0.1) is 5.41 Å². The first-order valence-electron chi connectivity index (χ1n) is 10.8. The fraction of sp³-hybridized carbons (Fsp3) is 0.480. The lowest BCUT2D eigenvalue weighted by Crippen LogP contribution is -2.54. The Morgan fingerprint density at radius 2 is 1.93 bits per heavy atom. The molecule has 2 heterocycles. The van der Waals surface area contributed by atoms with Crippen molar-refractivity contribution in [3.05, 3.63) is 54.4 Å². The van der Waals surface area contributed by atoms with E-state index in [2.05, 4.69) is 37.0 Å². The summed E-state index contributed by atoms with van der Waals surface area (Å²) in [6, 6.07) is 12.3. The summed E-state index contributed by atoms with van der Waals surface area (Å²) in [7, 11) is 3.62. The number of benzene rings is 1. The highest BCUT2D eigenvalue weighted by atomic mass is 16.2. The summed E-state index contributed by atoms with van der Waals surface area (Å²) in [4.78, 5) is 33.9. The van der Waals surface area contributed by atoms with Crippen LogP contribution in [0, 0.1) is 11.3 Å². The Balaban J connectivity index is 1.89. The van der Waals surface area contributed by atoms with Crippen molar-refractivity contribution in [2.75, 3.05) is 27.2 Å². The molecule has 3 rings (SSSR count). The molecule has 0 aliphatic carbocycles. The number of rotatable bonds is 6. The second kappa shape index (κ2) is 9.41. The van der Waals surface area contributed by atoms with Crippen molar-refractivity contribution in [1.82, 2.24) is 14.8 Å². The van der Waals surface area contributed by atoms with Crippen LogP contribution in [0.1, 0.15) is 38.7 Å². The Morgan fingerprint density at radius 1 is 1.17 bits per heavy atom. The molecule has 1 aromatic heterocycles. The monoisotopic (exact) mass is 407 g/mol. The number of pyridine rings is 1. The van der Waals surface area contributed by atoms with Crippen LogP contribution in [0.25, 0.3) is 11.1 Å². The molecule has 0 radical (unpaired) electrons. The van der Waals surface area contributed by atoms with Gasteiger partial charge in [0.15, 0.2) is 0 Å². The lowest BCUT2D eigenvalue weighted by Gasteiger charge is -2.43. The van der Waals surface area contributed by atoms with Crippen molar-refractivity contribution in [3.8, 4) is 11.1 Å². The maximum absolute atomic E-state index is 13.3. The van der Waals surface area contributed by atoms with Gasteiger partial charge in [-0.1, -0.05) is 44.2 Å². The zero-order valence-electron chi connectivity index (χ0n) is 18.6. The third-order valence-corrected chi connectivity index (χ3v) is 5.84. The van der Waals surface area contributed by atoms with E-state index in [0.717, 1.165) is 36.1 Å². The topological polar surface area (TPSA) is 53.5 Å². The molecule has 1 saturated heterocycles. The summed E-state index contributed by atoms with van der Waals surface area (Å²) in [6.07, 6.45) is 6.43. The molecule has 0 bridgehead atoms. The lowest BCUT2D eigenvalue weighted by atomic mass is 9.73. The van der Waals surface area contributed by atoms with E-state index >= 15 is 0 Å². The Morgan fingerprint density at radius 3 is 2.60 bits per heavy atom. The van der Waals surface area contributed by atoms with Gasteiger partial charge in [-0.25, -0.2) is 0 Å². The van der Waals surface area contributed by atoms with Crippen LogP contribution in [0.15, 0.2) is 48.8 Å². The Kier molecular flexibility index (Phi) is 6.91. The van der Waals surface area contributed by atoms with Gasteiger partial charge in [-0.2, -0.15) is 0 Å². The van der Waals surface area contributed by atoms with Gasteiger partial charge in [0, 0.05) is 46.0 Å². The minimum Gasteiger partial charge on any atom is -0.348 e. The normalized spacial score (nSPS) is 19.0. The number of piperidine rings is 1. The predicted molar refractivity (Wildman–Crippen MR) is 120 cm³/mol. The molecule has 1 atom stereocenters. The quantitative estimate of drug-likeness (QED) is 0.726. The molecule has 2 aromatic rings. The molecule has 2 amide bonds. The number of hydrogen-bond donors (Lipinski definition) is 0. The van der Waals surface area contributed by atoms with E-state index in [0.29, 0.717) is 25.3 Å². The second-order valence-electron chi connectivity index (χ2n) is 9.12. The first-order chi connectivity index (χ1) is 14.3. The molecule has 0 N–H and O–H groups in total. The Hall–Kier alpha value is -2.69. The first-order valence-corrected chi connectivity index (χ1v) is 10.8. The van der Waals surface area contributed by atoms with Crippen LogP contribution in [-0.4, -0.2) is 53.8 Å². The Bertz CT molecular complexity index is 879. The van der Waals surface area contributed by atoms with E-state index in [1.807, 2.05) is 43.4 Å². The third-order valence-electron chi connectivity index (χ3n) is 5.84. The standard InChI is InChI=1S/C25H33N3O2/c1-19(2)14-23(29)28-13-7-11-25(18-28,24(30)27(3)4)16-20-8-5-9-21(15-20)22-10-6-12-26-17-22/h5-6,8-10,12,15,17,19H,7,11,13-14,16,18H2,1-4H3. The van der Waals surface area contributed by atoms with Crippen LogP contribution >= 0.6 is 0 Å². The maximum Gasteiger partial charge on any atom is 0.230 e. The number of carbonyl (C=O) groups is 2. The van der Waals surface area contributed by atoms with E-state index in [-0.39, 0.29) is 11.8 Å². The molecule has 30 heavy (non-hydrogen) atoms. The van der Waals surface area contributed by atoms with Crippen LogP contribution < -0.4 is 0 Å². The summed E-state index contributed by atoms with van der Waals surface area (Å²) >= 11 is 0. The molecule has 1 aliphatic rings. The van der Waals surface area contributed by atoms with E-state index < -0.39 is 5.41 Å². The van der Waals surface area contributed by atoms with E-state index in [1.165, 1.54) is 0 Å². The number of nitrogens with zero attached hydrogens (tertiary/aromatic N) is 3. The number of hydrogen-bond acceptors (Lipinski definition) is 3. The molecule has 1 unspecified atom stereocenters. The molecule has 5 heteroatoms. The molecule has 5 nitrogen and oxygen atoms in total. The van der Waals surface area contributed by atoms with Gasteiger partial charge in [0.1, 0.15) is 0 Å². The first kappa shape index (κ1) is 22.0. The van der Waals surface area contributed by atoms with Crippen LogP contribution in [0.2, 0.25) is 0 Å². The zero-order chi connectivity index (χ0) is 21.7. The van der Waals surface area contributed by atoms with E-state index in [1.54, 1.807) is 11.1 Å². The predicted octanol–water partition coefficient (Wildman–Crippen LogP) is 4.03. The van der Waals surface area contributed by atoms with Gasteiger partial charge >= 0.3 is 0 Å². The largest absolute Gasteiger partial charge is 0.348 e. The molecule has 160 valence electrons. The molecule has 1 fully saturated rings. The lowest BCUT2D eigenvalue weighted by molar-refractivity contribution is -0.147. The third kappa shape index (κ3) is 5.07. The van der Waals surface area contributed by atoms with Gasteiger partial charge < -0.3 is 9.80 Å². The average Bonchev–Trinajstić information content (AvgIpc) is 2.73.